The van der Waals surface area contributed by atoms with Gasteiger partial charge >= 0.3 is 0 Å². The zero-order valence-electron chi connectivity index (χ0n) is 13.0. The highest BCUT2D eigenvalue weighted by atomic mass is 16.6. The third-order valence-corrected chi connectivity index (χ3v) is 4.23. The molecule has 1 atom stereocenters. The quantitative estimate of drug-likeness (QED) is 0.836. The van der Waals surface area contributed by atoms with Gasteiger partial charge in [-0.3, -0.25) is 9.78 Å². The van der Waals surface area contributed by atoms with Gasteiger partial charge in [-0.05, 0) is 34.3 Å². The molecule has 118 valence electrons. The number of carbonyl (C=O) groups is 1. The first-order valence-electron chi connectivity index (χ1n) is 7.57. The van der Waals surface area contributed by atoms with Crippen LogP contribution in [0.5, 0.6) is 0 Å². The summed E-state index contributed by atoms with van der Waals surface area (Å²) in [6.45, 7) is 4.18. The van der Waals surface area contributed by atoms with Gasteiger partial charge in [0.15, 0.2) is 5.78 Å². The summed E-state index contributed by atoms with van der Waals surface area (Å²) in [7, 11) is 0. The number of rotatable bonds is 1. The number of pyridine rings is 1. The molecule has 0 radical (unpaired) electrons. The van der Waals surface area contributed by atoms with Crippen molar-refractivity contribution in [3.05, 3.63) is 41.4 Å². The molecular formula is C16H17N5O2. The number of hydrogen-bond acceptors (Lipinski definition) is 7. The van der Waals surface area contributed by atoms with Crippen molar-refractivity contribution in [2.75, 3.05) is 10.6 Å². The highest BCUT2D eigenvalue weighted by Gasteiger charge is 2.40. The fourth-order valence-corrected chi connectivity index (χ4v) is 3.27. The number of hydrogen-bond donors (Lipinski definition) is 2. The van der Waals surface area contributed by atoms with E-state index >= 15 is 0 Å². The highest BCUT2D eigenvalue weighted by molar-refractivity contribution is 6.00. The van der Waals surface area contributed by atoms with E-state index in [1.807, 2.05) is 18.2 Å². The SMILES string of the molecule is CC1(C)CC(=O)C2=C(C1)Nc1nonc1N[C@H]2c1ccccn1. The average molecular weight is 311 g/mol. The number of ketones is 1. The molecule has 7 heteroatoms. The summed E-state index contributed by atoms with van der Waals surface area (Å²) in [4.78, 5) is 17.2. The maximum atomic E-state index is 12.8. The van der Waals surface area contributed by atoms with Crippen LogP contribution in [-0.2, 0) is 4.79 Å². The Morgan fingerprint density at radius 1 is 1.22 bits per heavy atom. The molecule has 3 heterocycles. The molecule has 0 saturated carbocycles. The minimum Gasteiger partial charge on any atom is -0.351 e. The van der Waals surface area contributed by atoms with Gasteiger partial charge in [-0.2, -0.15) is 0 Å². The van der Waals surface area contributed by atoms with Crippen LogP contribution in [0.1, 0.15) is 38.4 Å². The van der Waals surface area contributed by atoms with Gasteiger partial charge in [-0.25, -0.2) is 4.63 Å². The lowest BCUT2D eigenvalue weighted by Gasteiger charge is -2.33. The summed E-state index contributed by atoms with van der Waals surface area (Å²) in [5, 5.41) is 14.2. The fourth-order valence-electron chi connectivity index (χ4n) is 3.27. The minimum atomic E-state index is -0.365. The van der Waals surface area contributed by atoms with E-state index in [1.54, 1.807) is 6.20 Å². The summed E-state index contributed by atoms with van der Waals surface area (Å²) >= 11 is 0. The topological polar surface area (TPSA) is 92.9 Å². The van der Waals surface area contributed by atoms with Crippen molar-refractivity contribution < 1.29 is 9.42 Å². The van der Waals surface area contributed by atoms with Gasteiger partial charge in [0.05, 0.1) is 5.69 Å². The molecule has 0 saturated heterocycles. The maximum absolute atomic E-state index is 12.8. The Kier molecular flexibility index (Phi) is 2.97. The first kappa shape index (κ1) is 13.9. The van der Waals surface area contributed by atoms with E-state index in [1.165, 1.54) is 0 Å². The highest BCUT2D eigenvalue weighted by Crippen LogP contribution is 2.44. The number of allylic oxidation sites excluding steroid dienone is 1. The number of nitrogens with zero attached hydrogens (tertiary/aromatic N) is 3. The molecule has 23 heavy (non-hydrogen) atoms. The Labute approximate surface area is 133 Å². The van der Waals surface area contributed by atoms with E-state index in [0.29, 0.717) is 23.6 Å². The van der Waals surface area contributed by atoms with Crippen molar-refractivity contribution in [3.8, 4) is 0 Å². The van der Waals surface area contributed by atoms with Gasteiger partial charge in [-0.1, -0.05) is 19.9 Å². The summed E-state index contributed by atoms with van der Waals surface area (Å²) in [5.74, 6) is 1.11. The lowest BCUT2D eigenvalue weighted by molar-refractivity contribution is -0.118. The third kappa shape index (κ3) is 2.38. The van der Waals surface area contributed by atoms with Crippen LogP contribution in [0.15, 0.2) is 40.3 Å². The third-order valence-electron chi connectivity index (χ3n) is 4.23. The van der Waals surface area contributed by atoms with E-state index in [0.717, 1.165) is 17.8 Å². The molecule has 0 amide bonds. The van der Waals surface area contributed by atoms with E-state index < -0.39 is 0 Å². The zero-order valence-corrected chi connectivity index (χ0v) is 13.0. The molecule has 0 aromatic carbocycles. The number of anilines is 2. The van der Waals surface area contributed by atoms with Crippen LogP contribution in [0.4, 0.5) is 11.6 Å². The molecule has 0 unspecified atom stereocenters. The Hall–Kier alpha value is -2.70. The second-order valence-corrected chi connectivity index (χ2v) is 6.75. The lowest BCUT2D eigenvalue weighted by atomic mass is 9.74. The monoisotopic (exact) mass is 311 g/mol. The van der Waals surface area contributed by atoms with Gasteiger partial charge in [0, 0.05) is 23.9 Å². The number of carbonyl (C=O) groups excluding carboxylic acids is 1. The number of aromatic nitrogens is 3. The van der Waals surface area contributed by atoms with Crippen LogP contribution in [0.25, 0.3) is 0 Å². The van der Waals surface area contributed by atoms with Gasteiger partial charge in [-0.15, -0.1) is 0 Å². The Balaban J connectivity index is 1.88. The standard InChI is InChI=1S/C16H17N5O2/c1-16(2)7-10-12(11(22)8-16)13(9-5-3-4-6-17-9)19-15-14(18-10)20-23-21-15/h3-6,13H,7-8H2,1-2H3,(H,18,20)(H,19,21)/t13-/m0/s1. The molecule has 2 aromatic heterocycles. The van der Waals surface area contributed by atoms with Crippen molar-refractivity contribution in [2.45, 2.75) is 32.7 Å². The molecule has 1 aliphatic heterocycles. The fraction of sp³-hybridized carbons (Fsp3) is 0.375. The zero-order chi connectivity index (χ0) is 16.0. The number of nitrogens with one attached hydrogen (secondary N) is 2. The summed E-state index contributed by atoms with van der Waals surface area (Å²) < 4.78 is 4.81. The molecule has 0 bridgehead atoms. The first-order chi connectivity index (χ1) is 11.0. The number of Topliss-reactive ketones (excluding diaryl/α,β-unsaturated/α-hetero) is 1. The molecule has 1 aliphatic carbocycles. The van der Waals surface area contributed by atoms with Gasteiger partial charge in [0.1, 0.15) is 6.04 Å². The Bertz CT molecular complexity index is 794. The first-order valence-corrected chi connectivity index (χ1v) is 7.57. The number of fused-ring (bicyclic) bond motifs is 1. The smallest absolute Gasteiger partial charge is 0.219 e. The molecule has 2 N–H and O–H groups in total. The van der Waals surface area contributed by atoms with E-state index in [-0.39, 0.29) is 17.2 Å². The second-order valence-electron chi connectivity index (χ2n) is 6.75. The van der Waals surface area contributed by atoms with Gasteiger partial charge < -0.3 is 10.6 Å². The van der Waals surface area contributed by atoms with Crippen LogP contribution in [0, 0.1) is 5.41 Å². The maximum Gasteiger partial charge on any atom is 0.219 e. The molecule has 0 spiro atoms. The molecule has 2 aliphatic rings. The van der Waals surface area contributed by atoms with E-state index in [4.69, 9.17) is 4.63 Å². The molecular weight excluding hydrogens is 294 g/mol. The summed E-state index contributed by atoms with van der Waals surface area (Å²) in [5.41, 5.74) is 2.25. The van der Waals surface area contributed by atoms with Crippen molar-refractivity contribution in [3.63, 3.8) is 0 Å². The second kappa shape index (κ2) is 4.91. The predicted octanol–water partition coefficient (Wildman–Crippen LogP) is 2.69. The van der Waals surface area contributed by atoms with Crippen molar-refractivity contribution in [1.82, 2.24) is 15.3 Å². The van der Waals surface area contributed by atoms with Crippen molar-refractivity contribution in [1.29, 1.82) is 0 Å². The van der Waals surface area contributed by atoms with E-state index in [2.05, 4.69) is 39.8 Å². The largest absolute Gasteiger partial charge is 0.351 e. The lowest BCUT2D eigenvalue weighted by Crippen LogP contribution is -2.31. The molecule has 4 rings (SSSR count). The van der Waals surface area contributed by atoms with Crippen LogP contribution in [0.2, 0.25) is 0 Å². The molecule has 0 fully saturated rings. The minimum absolute atomic E-state index is 0.0980. The summed E-state index contributed by atoms with van der Waals surface area (Å²) in [6.07, 6.45) is 2.98. The van der Waals surface area contributed by atoms with Gasteiger partial charge in [0.2, 0.25) is 11.6 Å². The molecule has 2 aromatic rings. The van der Waals surface area contributed by atoms with E-state index in [9.17, 15) is 4.79 Å². The summed E-state index contributed by atoms with van der Waals surface area (Å²) in [6, 6.07) is 5.29. The Morgan fingerprint density at radius 2 is 2.04 bits per heavy atom. The van der Waals surface area contributed by atoms with Crippen molar-refractivity contribution in [2.24, 2.45) is 5.41 Å². The molecule has 7 nitrogen and oxygen atoms in total. The van der Waals surface area contributed by atoms with Crippen molar-refractivity contribution >= 4 is 17.4 Å². The van der Waals surface area contributed by atoms with Crippen LogP contribution in [0.3, 0.4) is 0 Å². The van der Waals surface area contributed by atoms with Crippen LogP contribution >= 0.6 is 0 Å². The van der Waals surface area contributed by atoms with Gasteiger partial charge in [0.25, 0.3) is 0 Å². The average Bonchev–Trinajstić information content (AvgIpc) is 2.86. The predicted molar refractivity (Wildman–Crippen MR) is 83.6 cm³/mol. The normalized spacial score (nSPS) is 22.5. The van der Waals surface area contributed by atoms with Crippen LogP contribution in [-0.4, -0.2) is 21.1 Å². The van der Waals surface area contributed by atoms with Crippen LogP contribution < -0.4 is 10.6 Å². The Morgan fingerprint density at radius 3 is 2.83 bits per heavy atom.